The first kappa shape index (κ1) is 14.8. The molecule has 1 heterocycles. The van der Waals surface area contributed by atoms with E-state index < -0.39 is 0 Å². The zero-order valence-electron chi connectivity index (χ0n) is 12.8. The molecule has 0 fully saturated rings. The average molecular weight is 271 g/mol. The van der Waals surface area contributed by atoms with Crippen LogP contribution in [0.3, 0.4) is 0 Å². The molecular weight excluding hydrogens is 246 g/mol. The summed E-state index contributed by atoms with van der Waals surface area (Å²) in [7, 11) is 0. The Bertz CT molecular complexity index is 514. The van der Waals surface area contributed by atoms with Crippen molar-refractivity contribution in [3.05, 3.63) is 53.3 Å². The summed E-state index contributed by atoms with van der Waals surface area (Å²) in [4.78, 5) is 0. The van der Waals surface area contributed by atoms with Gasteiger partial charge in [0.25, 0.3) is 0 Å². The molecule has 0 atom stereocenters. The lowest BCUT2D eigenvalue weighted by atomic mass is 10.1. The second kappa shape index (κ2) is 7.25. The third-order valence-corrected chi connectivity index (χ3v) is 3.58. The molecule has 1 aromatic heterocycles. The summed E-state index contributed by atoms with van der Waals surface area (Å²) >= 11 is 0. The van der Waals surface area contributed by atoms with Gasteiger partial charge >= 0.3 is 0 Å². The van der Waals surface area contributed by atoms with Gasteiger partial charge in [-0.3, -0.25) is 4.68 Å². The molecule has 108 valence electrons. The van der Waals surface area contributed by atoms with Gasteiger partial charge in [-0.25, -0.2) is 0 Å². The van der Waals surface area contributed by atoms with Crippen LogP contribution in [0.15, 0.2) is 36.5 Å². The van der Waals surface area contributed by atoms with E-state index in [2.05, 4.69) is 66.2 Å². The van der Waals surface area contributed by atoms with E-state index in [1.54, 1.807) is 0 Å². The fraction of sp³-hybridized carbons (Fsp3) is 0.471. The lowest BCUT2D eigenvalue weighted by Gasteiger charge is -2.08. The van der Waals surface area contributed by atoms with Crippen LogP contribution in [0.1, 0.15) is 37.1 Å². The van der Waals surface area contributed by atoms with E-state index >= 15 is 0 Å². The van der Waals surface area contributed by atoms with Gasteiger partial charge in [0.05, 0.1) is 6.20 Å². The SMILES string of the molecule is Cc1c(CNC(C)C)cnn1CCCc1ccccc1. The predicted octanol–water partition coefficient (Wildman–Crippen LogP) is 3.32. The maximum Gasteiger partial charge on any atom is 0.0537 e. The standard InChI is InChI=1S/C17H25N3/c1-14(2)18-12-17-13-19-20(15(17)3)11-7-10-16-8-5-4-6-9-16/h4-6,8-9,13-14,18H,7,10-12H2,1-3H3. The summed E-state index contributed by atoms with van der Waals surface area (Å²) in [6.07, 6.45) is 4.23. The summed E-state index contributed by atoms with van der Waals surface area (Å²) in [5.74, 6) is 0. The first-order chi connectivity index (χ1) is 9.66. The van der Waals surface area contributed by atoms with Crippen molar-refractivity contribution in [2.45, 2.75) is 52.7 Å². The van der Waals surface area contributed by atoms with E-state index in [-0.39, 0.29) is 0 Å². The van der Waals surface area contributed by atoms with Gasteiger partial charge in [-0.15, -0.1) is 0 Å². The smallest absolute Gasteiger partial charge is 0.0537 e. The third-order valence-electron chi connectivity index (χ3n) is 3.58. The molecule has 2 aromatic rings. The molecule has 1 N–H and O–H groups in total. The Morgan fingerprint density at radius 1 is 1.20 bits per heavy atom. The van der Waals surface area contributed by atoms with Crippen LogP contribution < -0.4 is 5.32 Å². The average Bonchev–Trinajstić information content (AvgIpc) is 2.79. The monoisotopic (exact) mass is 271 g/mol. The Labute approximate surface area is 122 Å². The molecule has 0 amide bonds. The second-order valence-electron chi connectivity index (χ2n) is 5.60. The molecule has 0 aliphatic rings. The lowest BCUT2D eigenvalue weighted by Crippen LogP contribution is -2.22. The van der Waals surface area contributed by atoms with Crippen molar-refractivity contribution in [1.82, 2.24) is 15.1 Å². The molecule has 0 saturated carbocycles. The number of hydrogen-bond acceptors (Lipinski definition) is 2. The van der Waals surface area contributed by atoms with E-state index in [9.17, 15) is 0 Å². The number of nitrogens with zero attached hydrogens (tertiary/aromatic N) is 2. The first-order valence-corrected chi connectivity index (χ1v) is 7.45. The summed E-state index contributed by atoms with van der Waals surface area (Å²) < 4.78 is 2.13. The number of aryl methyl sites for hydroxylation is 2. The highest BCUT2D eigenvalue weighted by atomic mass is 15.3. The van der Waals surface area contributed by atoms with Crippen LogP contribution in [0, 0.1) is 6.92 Å². The normalized spacial score (nSPS) is 11.2. The van der Waals surface area contributed by atoms with Crippen LogP contribution >= 0.6 is 0 Å². The highest BCUT2D eigenvalue weighted by Crippen LogP contribution is 2.09. The van der Waals surface area contributed by atoms with E-state index in [1.165, 1.54) is 16.8 Å². The minimum Gasteiger partial charge on any atom is -0.310 e. The quantitative estimate of drug-likeness (QED) is 0.837. The van der Waals surface area contributed by atoms with Gasteiger partial charge < -0.3 is 5.32 Å². The molecule has 0 bridgehead atoms. The largest absolute Gasteiger partial charge is 0.310 e. The molecule has 20 heavy (non-hydrogen) atoms. The molecule has 3 heteroatoms. The number of aromatic nitrogens is 2. The minimum absolute atomic E-state index is 0.510. The number of rotatable bonds is 7. The van der Waals surface area contributed by atoms with Crippen LogP contribution in [0.5, 0.6) is 0 Å². The van der Waals surface area contributed by atoms with Crippen LogP contribution in [-0.2, 0) is 19.5 Å². The topological polar surface area (TPSA) is 29.9 Å². The molecule has 0 aliphatic carbocycles. The number of benzene rings is 1. The molecule has 3 nitrogen and oxygen atoms in total. The first-order valence-electron chi connectivity index (χ1n) is 7.45. The van der Waals surface area contributed by atoms with Crippen molar-refractivity contribution in [1.29, 1.82) is 0 Å². The summed E-state index contributed by atoms with van der Waals surface area (Å²) in [6, 6.07) is 11.2. The third kappa shape index (κ3) is 4.20. The van der Waals surface area contributed by atoms with Crippen LogP contribution in [-0.4, -0.2) is 15.8 Å². The van der Waals surface area contributed by atoms with E-state index in [1.807, 2.05) is 6.20 Å². The predicted molar refractivity (Wildman–Crippen MR) is 83.7 cm³/mol. The Morgan fingerprint density at radius 2 is 1.95 bits per heavy atom. The maximum atomic E-state index is 4.50. The van der Waals surface area contributed by atoms with Crippen molar-refractivity contribution >= 4 is 0 Å². The fourth-order valence-corrected chi connectivity index (χ4v) is 2.28. The van der Waals surface area contributed by atoms with Gasteiger partial charge in [-0.1, -0.05) is 44.2 Å². The molecule has 1 aromatic carbocycles. The van der Waals surface area contributed by atoms with Crippen molar-refractivity contribution < 1.29 is 0 Å². The van der Waals surface area contributed by atoms with Gasteiger partial charge in [0.2, 0.25) is 0 Å². The Hall–Kier alpha value is -1.61. The molecule has 0 aliphatic heterocycles. The van der Waals surface area contributed by atoms with E-state index in [0.29, 0.717) is 6.04 Å². The van der Waals surface area contributed by atoms with E-state index in [4.69, 9.17) is 0 Å². The van der Waals surface area contributed by atoms with Gasteiger partial charge in [0.15, 0.2) is 0 Å². The van der Waals surface area contributed by atoms with Crippen molar-refractivity contribution in [2.24, 2.45) is 0 Å². The number of hydrogen-bond donors (Lipinski definition) is 1. The fourth-order valence-electron chi connectivity index (χ4n) is 2.28. The van der Waals surface area contributed by atoms with Gasteiger partial charge in [0, 0.05) is 30.4 Å². The Kier molecular flexibility index (Phi) is 5.36. The van der Waals surface area contributed by atoms with Crippen LogP contribution in [0.25, 0.3) is 0 Å². The summed E-state index contributed by atoms with van der Waals surface area (Å²) in [5, 5.41) is 7.95. The molecule has 0 spiro atoms. The Balaban J connectivity index is 1.84. The highest BCUT2D eigenvalue weighted by Gasteiger charge is 2.06. The van der Waals surface area contributed by atoms with Gasteiger partial charge in [-0.2, -0.15) is 5.10 Å². The molecule has 0 unspecified atom stereocenters. The van der Waals surface area contributed by atoms with E-state index in [0.717, 1.165) is 25.9 Å². The summed E-state index contributed by atoms with van der Waals surface area (Å²) in [6.45, 7) is 8.39. The summed E-state index contributed by atoms with van der Waals surface area (Å²) in [5.41, 5.74) is 3.99. The highest BCUT2D eigenvalue weighted by molar-refractivity contribution is 5.16. The second-order valence-corrected chi connectivity index (χ2v) is 5.60. The Morgan fingerprint density at radius 3 is 2.65 bits per heavy atom. The maximum absolute atomic E-state index is 4.50. The zero-order chi connectivity index (χ0) is 14.4. The van der Waals surface area contributed by atoms with Gasteiger partial charge in [-0.05, 0) is 25.3 Å². The molecule has 2 rings (SSSR count). The molecular formula is C17H25N3. The van der Waals surface area contributed by atoms with Crippen LogP contribution in [0.4, 0.5) is 0 Å². The minimum atomic E-state index is 0.510. The van der Waals surface area contributed by atoms with Gasteiger partial charge in [0.1, 0.15) is 0 Å². The van der Waals surface area contributed by atoms with Crippen molar-refractivity contribution in [3.8, 4) is 0 Å². The molecule has 0 saturated heterocycles. The van der Waals surface area contributed by atoms with Crippen LogP contribution in [0.2, 0.25) is 0 Å². The number of nitrogens with one attached hydrogen (secondary N) is 1. The lowest BCUT2D eigenvalue weighted by molar-refractivity contribution is 0.559. The molecule has 0 radical (unpaired) electrons. The van der Waals surface area contributed by atoms with Crippen molar-refractivity contribution in [2.75, 3.05) is 0 Å². The zero-order valence-corrected chi connectivity index (χ0v) is 12.8. The van der Waals surface area contributed by atoms with Crippen molar-refractivity contribution in [3.63, 3.8) is 0 Å².